The Hall–Kier alpha value is -1.24. The van der Waals surface area contributed by atoms with Crippen LogP contribution in [0.2, 0.25) is 0 Å². The summed E-state index contributed by atoms with van der Waals surface area (Å²) in [6, 6.07) is 7.65. The maximum atomic E-state index is 5.71. The van der Waals surface area contributed by atoms with Gasteiger partial charge >= 0.3 is 0 Å². The van der Waals surface area contributed by atoms with E-state index in [1.807, 2.05) is 24.3 Å². The molecule has 1 aromatic heterocycles. The van der Waals surface area contributed by atoms with Gasteiger partial charge in [-0.3, -0.25) is 0 Å². The van der Waals surface area contributed by atoms with Crippen LogP contribution in [0.1, 0.15) is 0 Å². The highest BCUT2D eigenvalue weighted by Crippen LogP contribution is 2.31. The van der Waals surface area contributed by atoms with E-state index in [0.29, 0.717) is 15.9 Å². The van der Waals surface area contributed by atoms with Gasteiger partial charge in [0.2, 0.25) is 5.13 Å². The SMILES string of the molecule is C=C(Cl)CSc1nnc(Nc2ccccc2OC)s1. The van der Waals surface area contributed by atoms with Crippen molar-refractivity contribution >= 4 is 45.5 Å². The molecule has 0 unspecified atom stereocenters. The quantitative estimate of drug-likeness (QED) is 0.812. The number of thioether (sulfide) groups is 1. The third-order valence-electron chi connectivity index (χ3n) is 2.11. The van der Waals surface area contributed by atoms with Crippen LogP contribution in [0.15, 0.2) is 40.2 Å². The van der Waals surface area contributed by atoms with Gasteiger partial charge in [-0.15, -0.1) is 10.2 Å². The molecule has 19 heavy (non-hydrogen) atoms. The molecule has 2 aromatic rings. The average molecular weight is 314 g/mol. The molecule has 0 aliphatic heterocycles. The summed E-state index contributed by atoms with van der Waals surface area (Å²) >= 11 is 8.69. The van der Waals surface area contributed by atoms with Crippen molar-refractivity contribution in [2.75, 3.05) is 18.2 Å². The lowest BCUT2D eigenvalue weighted by Gasteiger charge is -2.07. The largest absolute Gasteiger partial charge is 0.495 e. The molecule has 0 saturated heterocycles. The van der Waals surface area contributed by atoms with Gasteiger partial charge in [-0.25, -0.2) is 0 Å². The van der Waals surface area contributed by atoms with E-state index in [1.165, 1.54) is 23.1 Å². The number of anilines is 2. The van der Waals surface area contributed by atoms with Gasteiger partial charge in [0.1, 0.15) is 5.75 Å². The van der Waals surface area contributed by atoms with Crippen LogP contribution in [0, 0.1) is 0 Å². The third kappa shape index (κ3) is 4.12. The zero-order chi connectivity index (χ0) is 13.7. The predicted molar refractivity (Wildman–Crippen MR) is 81.9 cm³/mol. The predicted octanol–water partition coefficient (Wildman–Crippen LogP) is 4.13. The van der Waals surface area contributed by atoms with E-state index >= 15 is 0 Å². The lowest BCUT2D eigenvalue weighted by atomic mass is 10.3. The number of hydrogen-bond acceptors (Lipinski definition) is 6. The molecule has 0 spiro atoms. The molecule has 100 valence electrons. The molecule has 0 radical (unpaired) electrons. The third-order valence-corrected chi connectivity index (χ3v) is 4.46. The number of benzene rings is 1. The Morgan fingerprint density at radius 1 is 1.47 bits per heavy atom. The molecule has 2 rings (SSSR count). The summed E-state index contributed by atoms with van der Waals surface area (Å²) in [5.74, 6) is 1.39. The maximum Gasteiger partial charge on any atom is 0.210 e. The molecule has 1 aromatic carbocycles. The number of nitrogens with zero attached hydrogens (tertiary/aromatic N) is 2. The second kappa shape index (κ2) is 6.79. The van der Waals surface area contributed by atoms with E-state index in [9.17, 15) is 0 Å². The standard InChI is InChI=1S/C12H12ClN3OS2/c1-8(13)7-18-12-16-15-11(19-12)14-9-5-3-4-6-10(9)17-2/h3-6H,1,7H2,2H3,(H,14,15). The number of rotatable bonds is 6. The van der Waals surface area contributed by atoms with Gasteiger partial charge in [0.05, 0.1) is 12.8 Å². The van der Waals surface area contributed by atoms with Crippen molar-refractivity contribution in [3.05, 3.63) is 35.9 Å². The molecule has 0 aliphatic rings. The Bertz CT molecular complexity index is 574. The topological polar surface area (TPSA) is 47.0 Å². The smallest absolute Gasteiger partial charge is 0.210 e. The van der Waals surface area contributed by atoms with Crippen LogP contribution < -0.4 is 10.1 Å². The summed E-state index contributed by atoms with van der Waals surface area (Å²) in [6.45, 7) is 3.64. The van der Waals surface area contributed by atoms with Crippen LogP contribution >= 0.6 is 34.7 Å². The normalized spacial score (nSPS) is 10.2. The number of para-hydroxylation sites is 2. The zero-order valence-electron chi connectivity index (χ0n) is 10.2. The number of halogens is 1. The molecule has 0 amide bonds. The molecule has 0 saturated carbocycles. The minimum atomic E-state index is 0.597. The van der Waals surface area contributed by atoms with E-state index in [-0.39, 0.29) is 0 Å². The molecular weight excluding hydrogens is 302 g/mol. The van der Waals surface area contributed by atoms with Crippen LogP contribution in [0.25, 0.3) is 0 Å². The Labute approximate surface area is 124 Å². The van der Waals surface area contributed by atoms with Crippen LogP contribution in [-0.4, -0.2) is 23.1 Å². The van der Waals surface area contributed by atoms with Gasteiger partial charge in [0, 0.05) is 10.8 Å². The van der Waals surface area contributed by atoms with E-state index < -0.39 is 0 Å². The minimum Gasteiger partial charge on any atom is -0.495 e. The van der Waals surface area contributed by atoms with E-state index in [2.05, 4.69) is 22.1 Å². The van der Waals surface area contributed by atoms with E-state index in [4.69, 9.17) is 16.3 Å². The van der Waals surface area contributed by atoms with Crippen molar-refractivity contribution in [2.24, 2.45) is 0 Å². The number of hydrogen-bond donors (Lipinski definition) is 1. The first-order chi connectivity index (χ1) is 9.19. The summed E-state index contributed by atoms with van der Waals surface area (Å²) < 4.78 is 6.11. The molecule has 0 bridgehead atoms. The molecule has 1 heterocycles. The molecule has 0 atom stereocenters. The van der Waals surface area contributed by atoms with Gasteiger partial charge in [-0.2, -0.15) is 0 Å². The van der Waals surface area contributed by atoms with Crippen molar-refractivity contribution in [3.8, 4) is 5.75 Å². The molecule has 4 nitrogen and oxygen atoms in total. The van der Waals surface area contributed by atoms with Gasteiger partial charge < -0.3 is 10.1 Å². The highest BCUT2D eigenvalue weighted by molar-refractivity contribution is 8.01. The van der Waals surface area contributed by atoms with Gasteiger partial charge in [0.25, 0.3) is 0 Å². The van der Waals surface area contributed by atoms with Crippen molar-refractivity contribution < 1.29 is 4.74 Å². The van der Waals surface area contributed by atoms with Crippen LogP contribution in [0.5, 0.6) is 5.75 Å². The first kappa shape index (κ1) is 14.2. The van der Waals surface area contributed by atoms with Gasteiger partial charge in [0.15, 0.2) is 4.34 Å². The number of methoxy groups -OCH3 is 1. The average Bonchev–Trinajstić information content (AvgIpc) is 2.85. The fourth-order valence-electron chi connectivity index (χ4n) is 1.32. The summed E-state index contributed by atoms with van der Waals surface area (Å²) in [5, 5.41) is 12.6. The highest BCUT2D eigenvalue weighted by atomic mass is 35.5. The number of ether oxygens (including phenoxy) is 1. The monoisotopic (exact) mass is 313 g/mol. The molecule has 1 N–H and O–H groups in total. The first-order valence-electron chi connectivity index (χ1n) is 5.38. The summed E-state index contributed by atoms with van der Waals surface area (Å²) in [4.78, 5) is 0. The number of nitrogens with one attached hydrogen (secondary N) is 1. The fourth-order valence-corrected chi connectivity index (χ4v) is 3.00. The lowest BCUT2D eigenvalue weighted by molar-refractivity contribution is 0.417. The zero-order valence-corrected chi connectivity index (χ0v) is 12.6. The first-order valence-corrected chi connectivity index (χ1v) is 7.56. The van der Waals surface area contributed by atoms with Crippen molar-refractivity contribution in [1.29, 1.82) is 0 Å². The number of aromatic nitrogens is 2. The van der Waals surface area contributed by atoms with Crippen LogP contribution in [-0.2, 0) is 0 Å². The second-order valence-corrected chi connectivity index (χ2v) is 6.24. The molecule has 0 aliphatic carbocycles. The Morgan fingerprint density at radius 3 is 3.00 bits per heavy atom. The molecule has 7 heteroatoms. The lowest BCUT2D eigenvalue weighted by Crippen LogP contribution is -1.93. The summed E-state index contributed by atoms with van der Waals surface area (Å²) in [5.41, 5.74) is 0.861. The minimum absolute atomic E-state index is 0.597. The Morgan fingerprint density at radius 2 is 2.26 bits per heavy atom. The van der Waals surface area contributed by atoms with E-state index in [0.717, 1.165) is 15.8 Å². The summed E-state index contributed by atoms with van der Waals surface area (Å²) in [6.07, 6.45) is 0. The van der Waals surface area contributed by atoms with Gasteiger partial charge in [-0.05, 0) is 12.1 Å². The van der Waals surface area contributed by atoms with Crippen molar-refractivity contribution in [3.63, 3.8) is 0 Å². The van der Waals surface area contributed by atoms with Crippen LogP contribution in [0.4, 0.5) is 10.8 Å². The van der Waals surface area contributed by atoms with Gasteiger partial charge in [-0.1, -0.05) is 53.4 Å². The highest BCUT2D eigenvalue weighted by Gasteiger charge is 2.07. The van der Waals surface area contributed by atoms with Crippen molar-refractivity contribution in [1.82, 2.24) is 10.2 Å². The second-order valence-electron chi connectivity index (χ2n) is 3.50. The molecular formula is C12H12ClN3OS2. The van der Waals surface area contributed by atoms with E-state index in [1.54, 1.807) is 7.11 Å². The Kier molecular flexibility index (Phi) is 5.07. The fraction of sp³-hybridized carbons (Fsp3) is 0.167. The van der Waals surface area contributed by atoms with Crippen molar-refractivity contribution in [2.45, 2.75) is 4.34 Å². The molecule has 0 fully saturated rings. The summed E-state index contributed by atoms with van der Waals surface area (Å²) in [7, 11) is 1.63. The maximum absolute atomic E-state index is 5.71. The van der Waals surface area contributed by atoms with Crippen LogP contribution in [0.3, 0.4) is 0 Å². The Balaban J connectivity index is 2.05.